The molecule has 4 nitrogen and oxygen atoms in total. The molecule has 35 heavy (non-hydrogen) atoms. The summed E-state index contributed by atoms with van der Waals surface area (Å²) in [5.74, 6) is -3.32. The van der Waals surface area contributed by atoms with Crippen LogP contribution < -0.4 is 26.5 Å². The van der Waals surface area contributed by atoms with Gasteiger partial charge in [-0.05, 0) is 0 Å². The van der Waals surface area contributed by atoms with Crippen LogP contribution in [0.5, 0.6) is 0 Å². The molecule has 1 aromatic heterocycles. The molecule has 0 saturated carbocycles. The van der Waals surface area contributed by atoms with E-state index in [-0.39, 0.29) is 5.91 Å². The molecular weight excluding hydrogens is 473 g/mol. The van der Waals surface area contributed by atoms with Crippen molar-refractivity contribution in [2.75, 3.05) is 25.8 Å². The minimum atomic E-state index is -3.21. The quantitative estimate of drug-likeness (QED) is 0.234. The normalized spacial score (nSPS) is 12.4. The Morgan fingerprint density at radius 2 is 1.26 bits per heavy atom. The van der Waals surface area contributed by atoms with Crippen LogP contribution in [0.1, 0.15) is 16.8 Å². The summed E-state index contributed by atoms with van der Waals surface area (Å²) in [6, 6.07) is 35.1. The van der Waals surface area contributed by atoms with E-state index in [1.54, 1.807) is 24.5 Å². The molecule has 180 valence electrons. The first-order chi connectivity index (χ1) is 17.1. The maximum atomic E-state index is 12.2. The third-order valence-electron chi connectivity index (χ3n) is 6.33. The average Bonchev–Trinajstić information content (AvgIpc) is 2.94. The molecule has 1 amide bonds. The number of carbonyl (C=O) groups is 1. The Morgan fingerprint density at radius 3 is 1.74 bits per heavy atom. The summed E-state index contributed by atoms with van der Waals surface area (Å²) in [6.45, 7) is 2.04. The zero-order valence-electron chi connectivity index (χ0n) is 19.7. The van der Waals surface area contributed by atoms with Crippen molar-refractivity contribution < 1.29 is 4.79 Å². The van der Waals surface area contributed by atoms with Crippen LogP contribution in [0.3, 0.4) is 0 Å². The summed E-state index contributed by atoms with van der Waals surface area (Å²) >= 11 is 8.06. The molecule has 0 spiro atoms. The van der Waals surface area contributed by atoms with Crippen molar-refractivity contribution in [3.63, 3.8) is 0 Å². The number of benzene rings is 3. The summed E-state index contributed by atoms with van der Waals surface area (Å²) in [6.07, 6.45) is 4.96. The van der Waals surface area contributed by atoms with E-state index in [0.29, 0.717) is 18.7 Å². The molecule has 0 aliphatic carbocycles. The van der Waals surface area contributed by atoms with E-state index in [2.05, 4.69) is 88.4 Å². The molecular formula is C29H31ClN3OP. The van der Waals surface area contributed by atoms with Crippen LogP contribution in [-0.2, 0) is 0 Å². The number of carbonyl (C=O) groups excluding carboxylic acids is 1. The Balaban J connectivity index is 1.48. The fraction of sp³-hybridized carbons (Fsp3) is 0.172. The Labute approximate surface area is 212 Å². The number of aromatic nitrogens is 1. The van der Waals surface area contributed by atoms with Crippen LogP contribution in [0, 0.1) is 0 Å². The van der Waals surface area contributed by atoms with E-state index >= 15 is 0 Å². The molecule has 0 radical (unpaired) electrons. The van der Waals surface area contributed by atoms with E-state index < -0.39 is 5.96 Å². The molecule has 4 aromatic rings. The number of rotatable bonds is 11. The molecule has 6 heteroatoms. The van der Waals surface area contributed by atoms with Gasteiger partial charge in [0.1, 0.15) is 0 Å². The predicted octanol–water partition coefficient (Wildman–Crippen LogP) is 4.47. The minimum absolute atomic E-state index is 0.108. The molecule has 1 heterocycles. The third kappa shape index (κ3) is 5.46. The SMILES string of the molecule is O=C(NCCNCCCP(Cl)(c1ccccc1)(c1ccccc1)c1ccccc1)c1cccnc1. The Kier molecular flexibility index (Phi) is 8.30. The van der Waals surface area contributed by atoms with Gasteiger partial charge in [-0.25, -0.2) is 0 Å². The van der Waals surface area contributed by atoms with Gasteiger partial charge in [-0.3, -0.25) is 0 Å². The van der Waals surface area contributed by atoms with Gasteiger partial charge < -0.3 is 0 Å². The summed E-state index contributed by atoms with van der Waals surface area (Å²) in [5, 5.41) is 9.95. The summed E-state index contributed by atoms with van der Waals surface area (Å²) in [7, 11) is 0. The van der Waals surface area contributed by atoms with Crippen molar-refractivity contribution in [2.45, 2.75) is 6.42 Å². The summed E-state index contributed by atoms with van der Waals surface area (Å²) in [5.41, 5.74) is 0.570. The number of pyridine rings is 1. The molecule has 0 aliphatic heterocycles. The van der Waals surface area contributed by atoms with Gasteiger partial charge in [-0.2, -0.15) is 0 Å². The van der Waals surface area contributed by atoms with Crippen molar-refractivity contribution in [3.05, 3.63) is 121 Å². The molecule has 4 rings (SSSR count). The van der Waals surface area contributed by atoms with Crippen LogP contribution in [0.2, 0.25) is 0 Å². The Bertz CT molecular complexity index is 1110. The van der Waals surface area contributed by atoms with Crippen LogP contribution in [0.4, 0.5) is 0 Å². The first-order valence-corrected chi connectivity index (χ1v) is 15.2. The maximum absolute atomic E-state index is 12.2. The molecule has 0 unspecified atom stereocenters. The first kappa shape index (κ1) is 25.1. The second-order valence-electron chi connectivity index (χ2n) is 8.51. The van der Waals surface area contributed by atoms with E-state index in [9.17, 15) is 4.79 Å². The zero-order valence-corrected chi connectivity index (χ0v) is 21.3. The fourth-order valence-corrected chi connectivity index (χ4v) is 10.7. The first-order valence-electron chi connectivity index (χ1n) is 11.9. The van der Waals surface area contributed by atoms with Gasteiger partial charge in [0.05, 0.1) is 0 Å². The second kappa shape index (κ2) is 11.6. The van der Waals surface area contributed by atoms with Gasteiger partial charge in [-0.15, -0.1) is 0 Å². The Hall–Kier alpha value is -3.04. The number of hydrogen-bond acceptors (Lipinski definition) is 3. The van der Waals surface area contributed by atoms with E-state index in [1.165, 1.54) is 15.9 Å². The van der Waals surface area contributed by atoms with Crippen molar-refractivity contribution in [1.82, 2.24) is 15.6 Å². The predicted molar refractivity (Wildman–Crippen MR) is 150 cm³/mol. The number of amides is 1. The Morgan fingerprint density at radius 1 is 0.714 bits per heavy atom. The van der Waals surface area contributed by atoms with E-state index in [1.807, 2.05) is 18.2 Å². The fourth-order valence-electron chi connectivity index (χ4n) is 4.54. The molecule has 0 bridgehead atoms. The van der Waals surface area contributed by atoms with Crippen LogP contribution >= 0.6 is 17.2 Å². The monoisotopic (exact) mass is 503 g/mol. The van der Waals surface area contributed by atoms with Crippen molar-refractivity contribution in [3.8, 4) is 0 Å². The van der Waals surface area contributed by atoms with Crippen LogP contribution in [-0.4, -0.2) is 36.7 Å². The van der Waals surface area contributed by atoms with E-state index in [0.717, 1.165) is 19.1 Å². The van der Waals surface area contributed by atoms with E-state index in [4.69, 9.17) is 11.2 Å². The zero-order chi connectivity index (χ0) is 24.4. The van der Waals surface area contributed by atoms with Crippen LogP contribution in [0.25, 0.3) is 0 Å². The molecule has 0 atom stereocenters. The van der Waals surface area contributed by atoms with Gasteiger partial charge in [0.2, 0.25) is 0 Å². The molecule has 2 N–H and O–H groups in total. The topological polar surface area (TPSA) is 54.0 Å². The van der Waals surface area contributed by atoms with Gasteiger partial charge in [0, 0.05) is 0 Å². The van der Waals surface area contributed by atoms with Crippen molar-refractivity contribution in [2.24, 2.45) is 0 Å². The van der Waals surface area contributed by atoms with Crippen molar-refractivity contribution >= 4 is 39.0 Å². The molecule has 3 aromatic carbocycles. The number of nitrogens with zero attached hydrogens (tertiary/aromatic N) is 1. The van der Waals surface area contributed by atoms with Crippen LogP contribution in [0.15, 0.2) is 116 Å². The molecule has 0 aliphatic rings. The number of nitrogens with one attached hydrogen (secondary N) is 2. The standard InChI is InChI=1S/C29H31ClN3OP/c30-35(26-13-4-1-5-14-26,27-15-6-2-7-16-27,28-17-8-3-9-18-28)23-11-20-31-21-22-33-29(34)25-12-10-19-32-24-25/h1-10,12-19,24,31H,11,20-23H2,(H,33,34). The van der Waals surface area contributed by atoms with Crippen molar-refractivity contribution in [1.29, 1.82) is 0 Å². The summed E-state index contributed by atoms with van der Waals surface area (Å²) < 4.78 is 0. The number of hydrogen-bond donors (Lipinski definition) is 2. The molecule has 0 saturated heterocycles. The van der Waals surface area contributed by atoms with Gasteiger partial charge in [-0.1, -0.05) is 0 Å². The average molecular weight is 504 g/mol. The van der Waals surface area contributed by atoms with Gasteiger partial charge >= 0.3 is 213 Å². The van der Waals surface area contributed by atoms with Gasteiger partial charge in [0.25, 0.3) is 0 Å². The third-order valence-corrected chi connectivity index (χ3v) is 13.9. The number of halogens is 1. The molecule has 0 fully saturated rings. The second-order valence-corrected chi connectivity index (χ2v) is 15.1. The van der Waals surface area contributed by atoms with Gasteiger partial charge in [0.15, 0.2) is 0 Å². The summed E-state index contributed by atoms with van der Waals surface area (Å²) in [4.78, 5) is 16.2.